The zero-order chi connectivity index (χ0) is 17.6. The maximum absolute atomic E-state index is 13.7. The average Bonchev–Trinajstić information content (AvgIpc) is 2.98. The molecule has 2 N–H and O–H groups in total. The molecule has 5 heteroatoms. The van der Waals surface area contributed by atoms with Gasteiger partial charge in [-0.2, -0.15) is 0 Å². The second-order valence-corrected chi connectivity index (χ2v) is 6.09. The number of carbonyl (C=O) groups excluding carboxylic acids is 1. The van der Waals surface area contributed by atoms with E-state index >= 15 is 0 Å². The van der Waals surface area contributed by atoms with Gasteiger partial charge in [0.2, 0.25) is 5.91 Å². The van der Waals surface area contributed by atoms with E-state index in [1.807, 2.05) is 25.1 Å². The Morgan fingerprint density at radius 1 is 1.28 bits per heavy atom. The Balaban J connectivity index is 1.86. The zero-order valence-corrected chi connectivity index (χ0v) is 14.3. The van der Waals surface area contributed by atoms with Gasteiger partial charge < -0.3 is 10.3 Å². The summed E-state index contributed by atoms with van der Waals surface area (Å²) in [5.41, 5.74) is 3.61. The first kappa shape index (κ1) is 17.1. The summed E-state index contributed by atoms with van der Waals surface area (Å²) in [6, 6.07) is 10.5. The Labute approximate surface area is 146 Å². The fourth-order valence-corrected chi connectivity index (χ4v) is 2.99. The summed E-state index contributed by atoms with van der Waals surface area (Å²) < 4.78 is 13.7. The third-order valence-corrected chi connectivity index (χ3v) is 4.19. The van der Waals surface area contributed by atoms with E-state index < -0.39 is 0 Å². The van der Waals surface area contributed by atoms with Gasteiger partial charge in [0.15, 0.2) is 0 Å². The maximum Gasteiger partial charge on any atom is 0.220 e. The van der Waals surface area contributed by atoms with E-state index in [2.05, 4.69) is 15.3 Å². The Morgan fingerprint density at radius 3 is 2.92 bits per heavy atom. The molecule has 0 bridgehead atoms. The molecule has 0 saturated carbocycles. The van der Waals surface area contributed by atoms with Crippen molar-refractivity contribution in [1.29, 1.82) is 0 Å². The van der Waals surface area contributed by atoms with E-state index in [0.717, 1.165) is 34.3 Å². The highest BCUT2D eigenvalue weighted by Crippen LogP contribution is 2.31. The number of benzene rings is 1. The molecule has 0 aliphatic heterocycles. The first-order valence-corrected chi connectivity index (χ1v) is 8.67. The lowest BCUT2D eigenvalue weighted by Crippen LogP contribution is -2.23. The van der Waals surface area contributed by atoms with Crippen molar-refractivity contribution in [2.45, 2.75) is 32.6 Å². The molecule has 0 unspecified atom stereocenters. The molecule has 1 amide bonds. The summed E-state index contributed by atoms with van der Waals surface area (Å²) in [6.07, 6.45) is 4.53. The maximum atomic E-state index is 13.7. The monoisotopic (exact) mass is 339 g/mol. The molecule has 2 heterocycles. The van der Waals surface area contributed by atoms with Crippen LogP contribution in [0.15, 0.2) is 42.6 Å². The molecular weight excluding hydrogens is 317 g/mol. The molecule has 0 atom stereocenters. The minimum absolute atomic E-state index is 0.0623. The lowest BCUT2D eigenvalue weighted by molar-refractivity contribution is -0.121. The van der Waals surface area contributed by atoms with Crippen molar-refractivity contribution >= 4 is 16.8 Å². The third-order valence-electron chi connectivity index (χ3n) is 4.19. The molecule has 0 aliphatic rings. The van der Waals surface area contributed by atoms with Gasteiger partial charge in [0.25, 0.3) is 0 Å². The van der Waals surface area contributed by atoms with E-state index in [-0.39, 0.29) is 11.7 Å². The summed E-state index contributed by atoms with van der Waals surface area (Å²) in [6.45, 7) is 2.73. The standard InChI is InChI=1S/C20H22FN3O/c1-2-11-23-19(25)8-5-6-15-16-13-14(21)9-10-17(16)24-20(15)18-7-3-4-12-22-18/h3-4,7,9-10,12-13,24H,2,5-6,8,11H2,1H3,(H,23,25). The van der Waals surface area contributed by atoms with Crippen molar-refractivity contribution in [2.24, 2.45) is 0 Å². The van der Waals surface area contributed by atoms with Crippen LogP contribution in [0.4, 0.5) is 4.39 Å². The average molecular weight is 339 g/mol. The molecule has 4 nitrogen and oxygen atoms in total. The van der Waals surface area contributed by atoms with Gasteiger partial charge in [-0.1, -0.05) is 13.0 Å². The fourth-order valence-electron chi connectivity index (χ4n) is 2.99. The van der Waals surface area contributed by atoms with Gasteiger partial charge in [-0.15, -0.1) is 0 Å². The number of aryl methyl sites for hydroxylation is 1. The Morgan fingerprint density at radius 2 is 2.16 bits per heavy atom. The van der Waals surface area contributed by atoms with Crippen LogP contribution < -0.4 is 5.32 Å². The topological polar surface area (TPSA) is 57.8 Å². The summed E-state index contributed by atoms with van der Waals surface area (Å²) in [5.74, 6) is -0.201. The van der Waals surface area contributed by atoms with Crippen LogP contribution in [0.3, 0.4) is 0 Å². The number of aromatic nitrogens is 2. The SMILES string of the molecule is CCCNC(=O)CCCc1c(-c2ccccn2)[nH]c2ccc(F)cc12. The Bertz CT molecular complexity index is 858. The molecule has 0 radical (unpaired) electrons. The number of halogens is 1. The van der Waals surface area contributed by atoms with Crippen LogP contribution in [0.1, 0.15) is 31.7 Å². The van der Waals surface area contributed by atoms with Crippen LogP contribution in [0.2, 0.25) is 0 Å². The van der Waals surface area contributed by atoms with Crippen molar-refractivity contribution < 1.29 is 9.18 Å². The number of pyridine rings is 1. The molecule has 130 valence electrons. The van der Waals surface area contributed by atoms with Crippen LogP contribution >= 0.6 is 0 Å². The summed E-state index contributed by atoms with van der Waals surface area (Å²) in [7, 11) is 0. The number of hydrogen-bond donors (Lipinski definition) is 2. The van der Waals surface area contributed by atoms with E-state index in [1.54, 1.807) is 18.3 Å². The normalized spacial score (nSPS) is 11.0. The van der Waals surface area contributed by atoms with E-state index in [1.165, 1.54) is 6.07 Å². The van der Waals surface area contributed by atoms with Gasteiger partial charge in [0.05, 0.1) is 11.4 Å². The fraction of sp³-hybridized carbons (Fsp3) is 0.300. The molecule has 2 aromatic heterocycles. The number of carbonyl (C=O) groups is 1. The summed E-state index contributed by atoms with van der Waals surface area (Å²) >= 11 is 0. The van der Waals surface area contributed by atoms with Crippen LogP contribution in [-0.2, 0) is 11.2 Å². The van der Waals surface area contributed by atoms with Gasteiger partial charge in [-0.3, -0.25) is 9.78 Å². The minimum atomic E-state index is -0.263. The number of aromatic amines is 1. The second-order valence-electron chi connectivity index (χ2n) is 6.09. The highest BCUT2D eigenvalue weighted by Gasteiger charge is 2.15. The number of hydrogen-bond acceptors (Lipinski definition) is 2. The molecular formula is C20H22FN3O. The molecule has 0 fully saturated rings. The predicted octanol–water partition coefficient (Wildman–Crippen LogP) is 4.22. The number of nitrogens with one attached hydrogen (secondary N) is 2. The van der Waals surface area contributed by atoms with Crippen molar-refractivity contribution in [3.05, 3.63) is 54.0 Å². The number of rotatable bonds is 7. The highest BCUT2D eigenvalue weighted by molar-refractivity contribution is 5.90. The van der Waals surface area contributed by atoms with Crippen LogP contribution in [0, 0.1) is 5.82 Å². The molecule has 25 heavy (non-hydrogen) atoms. The first-order valence-electron chi connectivity index (χ1n) is 8.67. The first-order chi connectivity index (χ1) is 12.2. The quantitative estimate of drug-likeness (QED) is 0.677. The molecule has 0 saturated heterocycles. The van der Waals surface area contributed by atoms with Gasteiger partial charge in [-0.05, 0) is 55.2 Å². The van der Waals surface area contributed by atoms with Crippen molar-refractivity contribution in [3.8, 4) is 11.4 Å². The predicted molar refractivity (Wildman–Crippen MR) is 97.7 cm³/mol. The summed E-state index contributed by atoms with van der Waals surface area (Å²) in [5, 5.41) is 3.74. The smallest absolute Gasteiger partial charge is 0.220 e. The molecule has 3 aromatic rings. The van der Waals surface area contributed by atoms with Gasteiger partial charge in [-0.25, -0.2) is 4.39 Å². The Hall–Kier alpha value is -2.69. The lowest BCUT2D eigenvalue weighted by Gasteiger charge is -2.06. The zero-order valence-electron chi connectivity index (χ0n) is 14.3. The van der Waals surface area contributed by atoms with Crippen LogP contribution in [-0.4, -0.2) is 22.4 Å². The van der Waals surface area contributed by atoms with Crippen LogP contribution in [0.5, 0.6) is 0 Å². The number of H-pyrrole nitrogens is 1. The lowest BCUT2D eigenvalue weighted by atomic mass is 10.0. The number of amides is 1. The minimum Gasteiger partial charge on any atom is -0.356 e. The molecule has 3 rings (SSSR count). The Kier molecular flexibility index (Phi) is 5.43. The van der Waals surface area contributed by atoms with Gasteiger partial charge in [0, 0.05) is 30.1 Å². The van der Waals surface area contributed by atoms with Gasteiger partial charge in [0.1, 0.15) is 5.82 Å². The number of fused-ring (bicyclic) bond motifs is 1. The van der Waals surface area contributed by atoms with Crippen LogP contribution in [0.25, 0.3) is 22.3 Å². The van der Waals surface area contributed by atoms with E-state index in [4.69, 9.17) is 0 Å². The van der Waals surface area contributed by atoms with Gasteiger partial charge >= 0.3 is 0 Å². The largest absolute Gasteiger partial charge is 0.356 e. The van der Waals surface area contributed by atoms with E-state index in [0.29, 0.717) is 25.8 Å². The van der Waals surface area contributed by atoms with Crippen molar-refractivity contribution in [2.75, 3.05) is 6.54 Å². The molecule has 0 spiro atoms. The van der Waals surface area contributed by atoms with Crippen molar-refractivity contribution in [3.63, 3.8) is 0 Å². The highest BCUT2D eigenvalue weighted by atomic mass is 19.1. The molecule has 1 aromatic carbocycles. The van der Waals surface area contributed by atoms with E-state index in [9.17, 15) is 9.18 Å². The molecule has 0 aliphatic carbocycles. The second kappa shape index (κ2) is 7.92. The number of nitrogens with zero attached hydrogens (tertiary/aromatic N) is 1. The van der Waals surface area contributed by atoms with Crippen molar-refractivity contribution in [1.82, 2.24) is 15.3 Å². The third kappa shape index (κ3) is 4.05. The summed E-state index contributed by atoms with van der Waals surface area (Å²) in [4.78, 5) is 19.6.